The van der Waals surface area contributed by atoms with Crippen molar-refractivity contribution < 1.29 is 22.7 Å². The molecule has 0 radical (unpaired) electrons. The van der Waals surface area contributed by atoms with E-state index in [0.29, 0.717) is 17.5 Å². The number of halogens is 3. The van der Waals surface area contributed by atoms with Gasteiger partial charge in [-0.1, -0.05) is 6.92 Å². The van der Waals surface area contributed by atoms with Crippen molar-refractivity contribution >= 4 is 17.0 Å². The van der Waals surface area contributed by atoms with Crippen LogP contribution >= 0.6 is 0 Å². The number of carbonyl (C=O) groups excluding carboxylic acids is 1. The summed E-state index contributed by atoms with van der Waals surface area (Å²) in [6, 6.07) is 3.58. The summed E-state index contributed by atoms with van der Waals surface area (Å²) in [5.41, 5.74) is -0.413. The van der Waals surface area contributed by atoms with Gasteiger partial charge in [0.2, 0.25) is 0 Å². The smallest absolute Gasteiger partial charge is 0.433 e. The molecular formula is C14H13F3N2O2. The molecule has 2 aromatic rings. The summed E-state index contributed by atoms with van der Waals surface area (Å²) < 4.78 is 42.8. The Morgan fingerprint density at radius 1 is 1.24 bits per heavy atom. The number of aryl methyl sites for hydroxylation is 1. The average molecular weight is 298 g/mol. The van der Waals surface area contributed by atoms with Crippen LogP contribution in [0.3, 0.4) is 0 Å². The minimum absolute atomic E-state index is 0.0327. The van der Waals surface area contributed by atoms with Gasteiger partial charge in [-0.3, -0.25) is 0 Å². The first kappa shape index (κ1) is 15.2. The second kappa shape index (κ2) is 5.67. The number of ether oxygens (including phenoxy) is 1. The minimum atomic E-state index is -4.53. The van der Waals surface area contributed by atoms with Gasteiger partial charge in [0.15, 0.2) is 5.65 Å². The summed E-state index contributed by atoms with van der Waals surface area (Å²) in [5.74, 6) is -0.538. The van der Waals surface area contributed by atoms with E-state index in [1.165, 1.54) is 12.1 Å². The monoisotopic (exact) mass is 298 g/mol. The highest BCUT2D eigenvalue weighted by atomic mass is 19.4. The lowest BCUT2D eigenvalue weighted by molar-refractivity contribution is -0.141. The first-order valence-corrected chi connectivity index (χ1v) is 6.41. The lowest BCUT2D eigenvalue weighted by atomic mass is 10.1. The Morgan fingerprint density at radius 2 is 1.95 bits per heavy atom. The first-order valence-electron chi connectivity index (χ1n) is 6.41. The van der Waals surface area contributed by atoms with E-state index in [0.717, 1.165) is 6.07 Å². The Balaban J connectivity index is 2.58. The molecule has 21 heavy (non-hydrogen) atoms. The maximum atomic E-state index is 12.6. The molecule has 0 aromatic carbocycles. The quantitative estimate of drug-likeness (QED) is 0.815. The maximum Gasteiger partial charge on any atom is 0.433 e. The normalized spacial score (nSPS) is 11.7. The molecule has 0 fully saturated rings. The van der Waals surface area contributed by atoms with Gasteiger partial charge in [-0.05, 0) is 31.5 Å². The van der Waals surface area contributed by atoms with Gasteiger partial charge in [-0.15, -0.1) is 0 Å². The highest BCUT2D eigenvalue weighted by Crippen LogP contribution is 2.29. The second-order valence-corrected chi connectivity index (χ2v) is 4.30. The van der Waals surface area contributed by atoms with Crippen LogP contribution in [-0.4, -0.2) is 22.5 Å². The third kappa shape index (κ3) is 3.12. The molecule has 7 heteroatoms. The first-order chi connectivity index (χ1) is 9.86. The maximum absolute atomic E-state index is 12.6. The second-order valence-electron chi connectivity index (χ2n) is 4.30. The lowest BCUT2D eigenvalue weighted by Crippen LogP contribution is -2.11. The number of hydrogen-bond acceptors (Lipinski definition) is 4. The largest absolute Gasteiger partial charge is 0.462 e. The van der Waals surface area contributed by atoms with Crippen molar-refractivity contribution in [3.05, 3.63) is 35.2 Å². The van der Waals surface area contributed by atoms with Crippen LogP contribution in [0, 0.1) is 0 Å². The van der Waals surface area contributed by atoms with E-state index in [9.17, 15) is 18.0 Å². The summed E-state index contributed by atoms with van der Waals surface area (Å²) in [7, 11) is 0. The van der Waals surface area contributed by atoms with Crippen LogP contribution in [0.15, 0.2) is 18.2 Å². The molecule has 2 heterocycles. The molecule has 2 aromatic heterocycles. The molecule has 0 aliphatic heterocycles. The molecule has 0 spiro atoms. The van der Waals surface area contributed by atoms with Gasteiger partial charge in [0.25, 0.3) is 0 Å². The molecule has 0 saturated carbocycles. The summed E-state index contributed by atoms with van der Waals surface area (Å²) in [6.07, 6.45) is -4.13. The van der Waals surface area contributed by atoms with Crippen molar-refractivity contribution in [3.8, 4) is 0 Å². The summed E-state index contributed by atoms with van der Waals surface area (Å²) in [5, 5.41) is 0.364. The molecule has 0 N–H and O–H groups in total. The van der Waals surface area contributed by atoms with Gasteiger partial charge in [0, 0.05) is 5.39 Å². The third-order valence-corrected chi connectivity index (χ3v) is 2.88. The number of hydrogen-bond donors (Lipinski definition) is 0. The van der Waals surface area contributed by atoms with E-state index in [1.807, 2.05) is 0 Å². The van der Waals surface area contributed by atoms with Crippen molar-refractivity contribution in [2.75, 3.05) is 6.61 Å². The van der Waals surface area contributed by atoms with Crippen molar-refractivity contribution in [3.63, 3.8) is 0 Å². The molecule has 0 aliphatic carbocycles. The predicted octanol–water partition coefficient (Wildman–Crippen LogP) is 3.39. The molecule has 112 valence electrons. The fourth-order valence-corrected chi connectivity index (χ4v) is 1.90. The van der Waals surface area contributed by atoms with E-state index in [2.05, 4.69) is 9.97 Å². The number of pyridine rings is 2. The molecule has 0 aliphatic rings. The molecule has 0 saturated heterocycles. The summed E-state index contributed by atoms with van der Waals surface area (Å²) in [6.45, 7) is 3.64. The fourth-order valence-electron chi connectivity index (χ4n) is 1.90. The van der Waals surface area contributed by atoms with Crippen LogP contribution in [0.1, 0.15) is 35.6 Å². The van der Waals surface area contributed by atoms with Crippen molar-refractivity contribution in [2.45, 2.75) is 26.4 Å². The number of aromatic nitrogens is 2. The van der Waals surface area contributed by atoms with Gasteiger partial charge >= 0.3 is 12.1 Å². The number of alkyl halides is 3. The van der Waals surface area contributed by atoms with Crippen LogP contribution in [0.25, 0.3) is 11.0 Å². The zero-order valence-electron chi connectivity index (χ0n) is 11.5. The SMILES string of the molecule is CCOC(=O)c1cc2ccc(C(F)(F)F)nc2nc1CC. The third-order valence-electron chi connectivity index (χ3n) is 2.88. The Bertz CT molecular complexity index is 684. The van der Waals surface area contributed by atoms with Gasteiger partial charge < -0.3 is 4.74 Å². The van der Waals surface area contributed by atoms with Crippen LogP contribution in [0.2, 0.25) is 0 Å². The molecular weight excluding hydrogens is 285 g/mol. The number of carbonyl (C=O) groups is 1. The van der Waals surface area contributed by atoms with E-state index in [1.54, 1.807) is 13.8 Å². The minimum Gasteiger partial charge on any atom is -0.462 e. The zero-order valence-corrected chi connectivity index (χ0v) is 11.5. The highest BCUT2D eigenvalue weighted by Gasteiger charge is 2.32. The number of esters is 1. The Hall–Kier alpha value is -2.18. The summed E-state index contributed by atoms with van der Waals surface area (Å²) in [4.78, 5) is 19.4. The fraction of sp³-hybridized carbons (Fsp3) is 0.357. The van der Waals surface area contributed by atoms with Crippen LogP contribution in [-0.2, 0) is 17.3 Å². The average Bonchev–Trinajstić information content (AvgIpc) is 2.44. The van der Waals surface area contributed by atoms with E-state index >= 15 is 0 Å². The van der Waals surface area contributed by atoms with Crippen LogP contribution < -0.4 is 0 Å². The number of rotatable bonds is 3. The van der Waals surface area contributed by atoms with E-state index < -0.39 is 17.8 Å². The zero-order chi connectivity index (χ0) is 15.6. The van der Waals surface area contributed by atoms with E-state index in [-0.39, 0.29) is 17.8 Å². The molecule has 4 nitrogen and oxygen atoms in total. The van der Waals surface area contributed by atoms with Crippen LogP contribution in [0.5, 0.6) is 0 Å². The molecule has 0 amide bonds. The van der Waals surface area contributed by atoms with Crippen molar-refractivity contribution in [1.82, 2.24) is 9.97 Å². The Kier molecular flexibility index (Phi) is 4.11. The van der Waals surface area contributed by atoms with Crippen molar-refractivity contribution in [1.29, 1.82) is 0 Å². The lowest BCUT2D eigenvalue weighted by Gasteiger charge is -2.10. The van der Waals surface area contributed by atoms with Gasteiger partial charge in [0.1, 0.15) is 5.69 Å². The topological polar surface area (TPSA) is 52.1 Å². The Morgan fingerprint density at radius 3 is 2.52 bits per heavy atom. The Labute approximate surface area is 119 Å². The van der Waals surface area contributed by atoms with Gasteiger partial charge in [-0.25, -0.2) is 14.8 Å². The summed E-state index contributed by atoms with van der Waals surface area (Å²) >= 11 is 0. The van der Waals surface area contributed by atoms with Crippen molar-refractivity contribution in [2.24, 2.45) is 0 Å². The number of fused-ring (bicyclic) bond motifs is 1. The number of nitrogens with zero attached hydrogens (tertiary/aromatic N) is 2. The molecule has 2 rings (SSSR count). The standard InChI is InChI=1S/C14H13F3N2O2/c1-3-10-9(13(20)21-4-2)7-8-5-6-11(14(15,16)17)19-12(8)18-10/h5-7H,3-4H2,1-2H3. The molecule has 0 atom stereocenters. The van der Waals surface area contributed by atoms with E-state index in [4.69, 9.17) is 4.74 Å². The predicted molar refractivity (Wildman–Crippen MR) is 69.9 cm³/mol. The molecule has 0 unspecified atom stereocenters. The van der Waals surface area contributed by atoms with Gasteiger partial charge in [-0.2, -0.15) is 13.2 Å². The highest BCUT2D eigenvalue weighted by molar-refractivity contribution is 5.94. The van der Waals surface area contributed by atoms with Gasteiger partial charge in [0.05, 0.1) is 17.9 Å². The molecule has 0 bridgehead atoms. The van der Waals surface area contributed by atoms with Crippen LogP contribution in [0.4, 0.5) is 13.2 Å².